The largest absolute Gasteiger partial charge is 0.496 e. The maximum absolute atomic E-state index is 13.5. The fourth-order valence-electron chi connectivity index (χ4n) is 4.27. The maximum Gasteiger partial charge on any atom is 0.219 e. The van der Waals surface area contributed by atoms with Gasteiger partial charge in [0, 0.05) is 48.6 Å². The lowest BCUT2D eigenvalue weighted by Gasteiger charge is -2.17. The van der Waals surface area contributed by atoms with Crippen LogP contribution >= 0.6 is 0 Å². The summed E-state index contributed by atoms with van der Waals surface area (Å²) in [5, 5.41) is 9.58. The Balaban J connectivity index is 1.80. The number of hydrogen-bond donors (Lipinski definition) is 1. The van der Waals surface area contributed by atoms with E-state index in [1.54, 1.807) is 69.4 Å². The number of aromatic nitrogens is 1. The summed E-state index contributed by atoms with van der Waals surface area (Å²) in [5.74, 6) is 1.24. The molecule has 2 aliphatic rings. The SMILES string of the molecule is C=C1C=C(C=CN=CC=NC)C(C(=O)C=C2CCC(Oc3ncccc3CO)CCC2C)=CC=C1OC. The molecule has 1 aromatic rings. The summed E-state index contributed by atoms with van der Waals surface area (Å²) in [6.45, 7) is 6.10. The summed E-state index contributed by atoms with van der Waals surface area (Å²) in [6, 6.07) is 3.60. The molecule has 1 aromatic heterocycles. The van der Waals surface area contributed by atoms with E-state index in [1.807, 2.05) is 12.1 Å². The van der Waals surface area contributed by atoms with Crippen LogP contribution in [0.3, 0.4) is 0 Å². The van der Waals surface area contributed by atoms with E-state index in [2.05, 4.69) is 28.5 Å². The minimum Gasteiger partial charge on any atom is -0.496 e. The van der Waals surface area contributed by atoms with Crippen molar-refractivity contribution in [2.24, 2.45) is 15.9 Å². The molecule has 37 heavy (non-hydrogen) atoms. The van der Waals surface area contributed by atoms with Gasteiger partial charge in [-0.1, -0.05) is 19.1 Å². The van der Waals surface area contributed by atoms with Gasteiger partial charge in [-0.25, -0.2) is 4.98 Å². The van der Waals surface area contributed by atoms with E-state index >= 15 is 0 Å². The minimum atomic E-state index is -0.117. The van der Waals surface area contributed by atoms with Gasteiger partial charge in [-0.2, -0.15) is 0 Å². The molecule has 2 atom stereocenters. The second-order valence-electron chi connectivity index (χ2n) is 8.93. The van der Waals surface area contributed by atoms with Crippen LogP contribution in [0.2, 0.25) is 0 Å². The summed E-state index contributed by atoms with van der Waals surface area (Å²) >= 11 is 0. The number of hydrogen-bond acceptors (Lipinski definition) is 7. The highest BCUT2D eigenvalue weighted by molar-refractivity contribution is 6.16. The van der Waals surface area contributed by atoms with Gasteiger partial charge in [-0.05, 0) is 79.7 Å². The Bertz CT molecular complexity index is 1200. The summed E-state index contributed by atoms with van der Waals surface area (Å²) in [5.41, 5.74) is 3.69. The molecule has 1 saturated carbocycles. The number of ether oxygens (including phenoxy) is 2. The van der Waals surface area contributed by atoms with Gasteiger partial charge in [0.05, 0.1) is 13.7 Å². The lowest BCUT2D eigenvalue weighted by molar-refractivity contribution is -0.111. The third-order valence-corrected chi connectivity index (χ3v) is 6.41. The van der Waals surface area contributed by atoms with Crippen LogP contribution in [-0.4, -0.2) is 48.6 Å². The van der Waals surface area contributed by atoms with E-state index in [-0.39, 0.29) is 24.4 Å². The Labute approximate surface area is 219 Å². The molecule has 1 heterocycles. The molecule has 0 amide bonds. The first-order valence-electron chi connectivity index (χ1n) is 12.4. The number of aliphatic imine (C=N–C) groups is 2. The second-order valence-corrected chi connectivity index (χ2v) is 8.93. The lowest BCUT2D eigenvalue weighted by atomic mass is 9.92. The normalized spacial score (nSPS) is 22.1. The average molecular weight is 502 g/mol. The quantitative estimate of drug-likeness (QED) is 0.283. The molecule has 1 fully saturated rings. The number of carbonyl (C=O) groups excluding carboxylic acids is 1. The monoisotopic (exact) mass is 501 g/mol. The number of carbonyl (C=O) groups is 1. The Morgan fingerprint density at radius 1 is 1.27 bits per heavy atom. The highest BCUT2D eigenvalue weighted by Crippen LogP contribution is 2.32. The first-order valence-corrected chi connectivity index (χ1v) is 12.4. The lowest BCUT2D eigenvalue weighted by Crippen LogP contribution is -2.17. The third-order valence-electron chi connectivity index (χ3n) is 6.41. The molecule has 7 heteroatoms. The van der Waals surface area contributed by atoms with E-state index in [9.17, 15) is 9.90 Å². The van der Waals surface area contributed by atoms with Crippen LogP contribution in [0.1, 0.15) is 38.2 Å². The number of rotatable bonds is 9. The van der Waals surface area contributed by atoms with Gasteiger partial charge in [0.2, 0.25) is 5.88 Å². The van der Waals surface area contributed by atoms with Gasteiger partial charge in [0.15, 0.2) is 5.78 Å². The fraction of sp³-hybridized carbons (Fsp3) is 0.333. The molecule has 194 valence electrons. The van der Waals surface area contributed by atoms with Crippen molar-refractivity contribution in [3.05, 3.63) is 95.1 Å². The second kappa shape index (κ2) is 14.0. The van der Waals surface area contributed by atoms with E-state index in [0.29, 0.717) is 33.9 Å². The van der Waals surface area contributed by atoms with E-state index in [1.165, 1.54) is 0 Å². The predicted molar refractivity (Wildman–Crippen MR) is 148 cm³/mol. The number of allylic oxidation sites excluding steroid dienone is 8. The fourth-order valence-corrected chi connectivity index (χ4v) is 4.27. The van der Waals surface area contributed by atoms with Crippen LogP contribution in [0.15, 0.2) is 99.5 Å². The van der Waals surface area contributed by atoms with Crippen molar-refractivity contribution in [2.45, 2.75) is 45.3 Å². The van der Waals surface area contributed by atoms with Crippen molar-refractivity contribution in [1.82, 2.24) is 4.98 Å². The van der Waals surface area contributed by atoms with Crippen molar-refractivity contribution in [3.8, 4) is 5.88 Å². The maximum atomic E-state index is 13.5. The van der Waals surface area contributed by atoms with Crippen LogP contribution < -0.4 is 4.74 Å². The molecule has 1 N–H and O–H groups in total. The number of aliphatic hydroxyl groups excluding tert-OH is 1. The third kappa shape index (κ3) is 7.82. The Morgan fingerprint density at radius 3 is 2.86 bits per heavy atom. The first-order chi connectivity index (χ1) is 18.0. The number of ketones is 1. The van der Waals surface area contributed by atoms with Crippen molar-refractivity contribution in [2.75, 3.05) is 14.2 Å². The molecule has 0 aliphatic heterocycles. The van der Waals surface area contributed by atoms with Gasteiger partial charge in [-0.3, -0.25) is 14.8 Å². The number of aliphatic hydroxyl groups is 1. The van der Waals surface area contributed by atoms with Crippen LogP contribution in [0.25, 0.3) is 0 Å². The Hall–Kier alpha value is -3.84. The van der Waals surface area contributed by atoms with Crippen molar-refractivity contribution < 1.29 is 19.4 Å². The zero-order valence-electron chi connectivity index (χ0n) is 21.8. The van der Waals surface area contributed by atoms with Gasteiger partial charge in [0.25, 0.3) is 0 Å². The van der Waals surface area contributed by atoms with Gasteiger partial charge < -0.3 is 14.6 Å². The number of pyridine rings is 1. The molecule has 7 nitrogen and oxygen atoms in total. The highest BCUT2D eigenvalue weighted by atomic mass is 16.5. The zero-order valence-corrected chi connectivity index (χ0v) is 21.8. The van der Waals surface area contributed by atoms with Crippen LogP contribution in [0.4, 0.5) is 0 Å². The van der Waals surface area contributed by atoms with Crippen molar-refractivity contribution in [3.63, 3.8) is 0 Å². The predicted octanol–water partition coefficient (Wildman–Crippen LogP) is 5.26. The molecular weight excluding hydrogens is 466 g/mol. The van der Waals surface area contributed by atoms with Crippen molar-refractivity contribution in [1.29, 1.82) is 0 Å². The number of nitrogens with zero attached hydrogens (tertiary/aromatic N) is 3. The first kappa shape index (κ1) is 27.7. The molecule has 0 saturated heterocycles. The summed E-state index contributed by atoms with van der Waals surface area (Å²) in [6.07, 6.45) is 18.6. The molecule has 0 bridgehead atoms. The summed E-state index contributed by atoms with van der Waals surface area (Å²) in [4.78, 5) is 25.9. The van der Waals surface area contributed by atoms with Gasteiger partial charge >= 0.3 is 0 Å². The van der Waals surface area contributed by atoms with Gasteiger partial charge in [0.1, 0.15) is 11.9 Å². The van der Waals surface area contributed by atoms with E-state index in [4.69, 9.17) is 9.47 Å². The van der Waals surface area contributed by atoms with E-state index < -0.39 is 0 Å². The van der Waals surface area contributed by atoms with Crippen molar-refractivity contribution >= 4 is 18.2 Å². The number of methoxy groups -OCH3 is 1. The van der Waals surface area contributed by atoms with E-state index in [0.717, 1.165) is 31.3 Å². The standard InChI is InChI=1S/C30H35N3O4/c1-21-7-9-26(37-30-25(20-34)6-5-14-33-30)10-8-23(21)19-28(35)27-11-12-29(36-4)22(2)18-24(27)13-15-32-17-16-31-3/h5-6,11-19,21,26,34H,2,7-10,20H2,1,3-4H3. The minimum absolute atomic E-state index is 0.0285. The molecule has 3 rings (SSSR count). The molecule has 0 spiro atoms. The highest BCUT2D eigenvalue weighted by Gasteiger charge is 2.24. The molecule has 2 unspecified atom stereocenters. The molecule has 2 aliphatic carbocycles. The van der Waals surface area contributed by atoms with Crippen LogP contribution in [0.5, 0.6) is 5.88 Å². The molecule has 0 aromatic carbocycles. The zero-order chi connectivity index (χ0) is 26.6. The topological polar surface area (TPSA) is 93.4 Å². The molecular formula is C30H35N3O4. The summed E-state index contributed by atoms with van der Waals surface area (Å²) in [7, 11) is 3.25. The van der Waals surface area contributed by atoms with Crippen LogP contribution in [-0.2, 0) is 16.1 Å². The Kier molecular flexibility index (Phi) is 10.5. The molecule has 0 radical (unpaired) electrons. The Morgan fingerprint density at radius 2 is 2.11 bits per heavy atom. The average Bonchev–Trinajstić information content (AvgIpc) is 3.17. The summed E-state index contributed by atoms with van der Waals surface area (Å²) < 4.78 is 11.6. The smallest absolute Gasteiger partial charge is 0.219 e. The van der Waals surface area contributed by atoms with Crippen LogP contribution in [0, 0.1) is 5.92 Å². The van der Waals surface area contributed by atoms with Gasteiger partial charge in [-0.15, -0.1) is 0 Å².